The van der Waals surface area contributed by atoms with E-state index in [2.05, 4.69) is 42.0 Å². The van der Waals surface area contributed by atoms with E-state index in [1.54, 1.807) is 109 Å². The molecule has 3 rings (SSSR count). The number of nitrogens with two attached hydrogens (primary N) is 1. The van der Waals surface area contributed by atoms with Crippen LogP contribution in [0.4, 0.5) is 15.3 Å². The molecular weight excluding hydrogens is 1240 g/mol. The van der Waals surface area contributed by atoms with E-state index in [1.807, 2.05) is 32.0 Å². The van der Waals surface area contributed by atoms with Gasteiger partial charge < -0.3 is 76.8 Å². The number of esters is 1. The molecule has 1 fully saturated rings. The quantitative estimate of drug-likeness (QED) is 0.0241. The van der Waals surface area contributed by atoms with Gasteiger partial charge >= 0.3 is 18.1 Å². The van der Waals surface area contributed by atoms with Gasteiger partial charge in [-0.2, -0.15) is 0 Å². The lowest BCUT2D eigenvalue weighted by molar-refractivity contribution is -0.148. The highest BCUT2D eigenvalue weighted by molar-refractivity contribution is 5.99. The first-order valence-corrected chi connectivity index (χ1v) is 33.3. The number of amides is 11. The summed E-state index contributed by atoms with van der Waals surface area (Å²) in [4.78, 5) is 151. The van der Waals surface area contributed by atoms with Gasteiger partial charge in [0.25, 0.3) is 0 Å². The molecule has 96 heavy (non-hydrogen) atoms. The van der Waals surface area contributed by atoms with E-state index in [4.69, 9.17) is 19.9 Å². The van der Waals surface area contributed by atoms with Crippen molar-refractivity contribution < 1.29 is 76.8 Å². The van der Waals surface area contributed by atoms with Crippen LogP contribution in [0.5, 0.6) is 0 Å². The number of primary amides is 1. The SMILES string of the molecule is CC[C@H](C)[C@@H]([C@@H](CC(=O)N1CCC[C@H]1[C@H](OC)[C@@H](C)C(=O)N[C@H](C)[C@@H](O)c1ccccc1)OC)N(C)C(=O)[C@@H](NC(=O)[C@H](C(C)C)N(C)C(=O)OCc1ccc(NC(=O)[C@H](CCCNC(N)=O)NC(=O)[C@@H](NC(=O)CCCCCNC(=O)/C=C/C(=O)OC)C(C)C)cc1)C(C)C. The number of nitrogens with one attached hydrogen (secondary N) is 7. The number of hydrogen-bond acceptors (Lipinski definition) is 16. The van der Waals surface area contributed by atoms with Crippen molar-refractivity contribution in [3.8, 4) is 0 Å². The summed E-state index contributed by atoms with van der Waals surface area (Å²) in [5.41, 5.74) is 6.77. The molecule has 0 aliphatic carbocycles. The zero-order chi connectivity index (χ0) is 71.9. The topological polar surface area (TPSA) is 365 Å². The van der Waals surface area contributed by atoms with E-state index >= 15 is 0 Å². The number of urea groups is 1. The van der Waals surface area contributed by atoms with Crippen LogP contribution in [0.3, 0.4) is 0 Å². The lowest BCUT2D eigenvalue weighted by atomic mass is 9.89. The number of rotatable bonds is 40. The molecule has 0 saturated carbocycles. The van der Waals surface area contributed by atoms with Crippen LogP contribution in [0.1, 0.15) is 151 Å². The summed E-state index contributed by atoms with van der Waals surface area (Å²) >= 11 is 0. The number of methoxy groups -OCH3 is 3. The van der Waals surface area contributed by atoms with Gasteiger partial charge in [-0.3, -0.25) is 43.3 Å². The Hall–Kier alpha value is -8.17. The number of likely N-dealkylation sites (N-methyl/N-ethyl adjacent to an activating group) is 2. The van der Waals surface area contributed by atoms with E-state index in [0.717, 1.165) is 12.2 Å². The summed E-state index contributed by atoms with van der Waals surface area (Å²) in [5.74, 6) is -6.40. The minimum atomic E-state index is -1.12. The monoisotopic (exact) mass is 1350 g/mol. The third-order valence-electron chi connectivity index (χ3n) is 17.5. The van der Waals surface area contributed by atoms with Gasteiger partial charge in [-0.25, -0.2) is 14.4 Å². The molecular formula is C69H109N11O16. The number of ether oxygens (including phenoxy) is 4. The fraction of sp³-hybridized carbons (Fsp3) is 0.638. The minimum absolute atomic E-state index is 0.0816. The molecule has 0 bridgehead atoms. The van der Waals surface area contributed by atoms with E-state index in [9.17, 15) is 57.8 Å². The largest absolute Gasteiger partial charge is 0.466 e. The fourth-order valence-electron chi connectivity index (χ4n) is 11.7. The van der Waals surface area contributed by atoms with E-state index < -0.39 is 126 Å². The zero-order valence-electron chi connectivity index (χ0n) is 58.9. The van der Waals surface area contributed by atoms with Gasteiger partial charge in [0.15, 0.2) is 0 Å². The lowest BCUT2D eigenvalue weighted by Gasteiger charge is -2.41. The third-order valence-corrected chi connectivity index (χ3v) is 17.5. The summed E-state index contributed by atoms with van der Waals surface area (Å²) in [6, 6.07) is 8.71. The highest BCUT2D eigenvalue weighted by Gasteiger charge is 2.44. The molecule has 0 spiro atoms. The van der Waals surface area contributed by atoms with Crippen molar-refractivity contribution in [3.05, 3.63) is 77.9 Å². The number of aliphatic hydroxyl groups is 1. The van der Waals surface area contributed by atoms with E-state index in [-0.39, 0.29) is 68.4 Å². The van der Waals surface area contributed by atoms with Crippen molar-refractivity contribution in [2.24, 2.45) is 35.3 Å². The number of benzene rings is 2. The van der Waals surface area contributed by atoms with Crippen LogP contribution in [0.25, 0.3) is 0 Å². The van der Waals surface area contributed by atoms with Crippen molar-refractivity contribution >= 4 is 71.0 Å². The first-order chi connectivity index (χ1) is 45.4. The molecule has 11 amide bonds. The molecule has 27 nitrogen and oxygen atoms in total. The van der Waals surface area contributed by atoms with Crippen LogP contribution < -0.4 is 43.0 Å². The smallest absolute Gasteiger partial charge is 0.410 e. The minimum Gasteiger partial charge on any atom is -0.466 e. The van der Waals surface area contributed by atoms with Crippen molar-refractivity contribution in [2.75, 3.05) is 60.4 Å². The second-order valence-electron chi connectivity index (χ2n) is 25.8. The lowest BCUT2D eigenvalue weighted by Crippen LogP contribution is -2.60. The number of aliphatic hydroxyl groups excluding tert-OH is 1. The van der Waals surface area contributed by atoms with Gasteiger partial charge in [-0.1, -0.05) is 118 Å². The predicted molar refractivity (Wildman–Crippen MR) is 362 cm³/mol. The molecule has 0 radical (unpaired) electrons. The van der Waals surface area contributed by atoms with Crippen LogP contribution in [-0.2, 0) is 68.7 Å². The second kappa shape index (κ2) is 41.7. The maximum absolute atomic E-state index is 14.8. The maximum Gasteiger partial charge on any atom is 0.410 e. The Balaban J connectivity index is 1.67. The Bertz CT molecular complexity index is 2880. The van der Waals surface area contributed by atoms with Gasteiger partial charge in [0, 0.05) is 72.2 Å². The number of hydrogen-bond donors (Lipinski definition) is 9. The van der Waals surface area contributed by atoms with E-state index in [0.29, 0.717) is 68.4 Å². The molecule has 27 heteroatoms. The zero-order valence-corrected chi connectivity index (χ0v) is 58.9. The van der Waals surface area contributed by atoms with Crippen molar-refractivity contribution in [2.45, 2.75) is 201 Å². The van der Waals surface area contributed by atoms with Crippen molar-refractivity contribution in [1.29, 1.82) is 0 Å². The molecule has 1 heterocycles. The van der Waals surface area contributed by atoms with Gasteiger partial charge in [0.2, 0.25) is 47.3 Å². The summed E-state index contributed by atoms with van der Waals surface area (Å²) in [6.45, 7) is 18.7. The summed E-state index contributed by atoms with van der Waals surface area (Å²) < 4.78 is 22.2. The van der Waals surface area contributed by atoms with Crippen LogP contribution in [0.2, 0.25) is 0 Å². The number of anilines is 1. The van der Waals surface area contributed by atoms with Crippen molar-refractivity contribution in [3.63, 3.8) is 0 Å². The Kier molecular flexibility index (Phi) is 35.7. The number of carbonyl (C=O) groups is 11. The van der Waals surface area contributed by atoms with Gasteiger partial charge in [-0.05, 0) is 92.4 Å². The van der Waals surface area contributed by atoms with Crippen LogP contribution in [0.15, 0.2) is 66.7 Å². The number of unbranched alkanes of at least 4 members (excludes halogenated alkanes) is 2. The number of carbonyl (C=O) groups excluding carboxylic acids is 11. The summed E-state index contributed by atoms with van der Waals surface area (Å²) in [5, 5.41) is 30.3. The summed E-state index contributed by atoms with van der Waals surface area (Å²) in [6.07, 6.45) is 2.68. The van der Waals surface area contributed by atoms with E-state index in [1.165, 1.54) is 33.3 Å². The molecule has 0 unspecified atom stereocenters. The molecule has 10 N–H and O–H groups in total. The summed E-state index contributed by atoms with van der Waals surface area (Å²) in [7, 11) is 7.27. The second-order valence-corrected chi connectivity index (χ2v) is 25.8. The third kappa shape index (κ3) is 26.1. The molecule has 2 aromatic rings. The van der Waals surface area contributed by atoms with Crippen LogP contribution in [-0.4, -0.2) is 195 Å². The Morgan fingerprint density at radius 2 is 1.34 bits per heavy atom. The average Bonchev–Trinajstić information content (AvgIpc) is 1.34. The Labute approximate surface area is 566 Å². The predicted octanol–water partition coefficient (Wildman–Crippen LogP) is 5.00. The van der Waals surface area contributed by atoms with Crippen molar-refractivity contribution in [1.82, 2.24) is 46.6 Å². The molecule has 1 aliphatic rings. The molecule has 0 aromatic heterocycles. The Morgan fingerprint density at radius 3 is 1.93 bits per heavy atom. The molecule has 2 aromatic carbocycles. The highest BCUT2D eigenvalue weighted by Crippen LogP contribution is 2.31. The molecule has 12 atom stereocenters. The first-order valence-electron chi connectivity index (χ1n) is 33.3. The Morgan fingerprint density at radius 1 is 0.698 bits per heavy atom. The normalized spacial score (nSPS) is 16.5. The first kappa shape index (κ1) is 82.1. The maximum atomic E-state index is 14.8. The highest BCUT2D eigenvalue weighted by atomic mass is 16.6. The molecule has 536 valence electrons. The van der Waals surface area contributed by atoms with Gasteiger partial charge in [0.1, 0.15) is 30.8 Å². The molecule has 1 saturated heterocycles. The molecule has 1 aliphatic heterocycles. The van der Waals surface area contributed by atoms with Crippen LogP contribution >= 0.6 is 0 Å². The fourth-order valence-corrected chi connectivity index (χ4v) is 11.7. The van der Waals surface area contributed by atoms with Crippen LogP contribution in [0, 0.1) is 29.6 Å². The van der Waals surface area contributed by atoms with Gasteiger partial charge in [0.05, 0.1) is 55.9 Å². The number of nitrogens with zero attached hydrogens (tertiary/aromatic N) is 3. The number of likely N-dealkylation sites (tertiary alicyclic amines) is 1. The standard InChI is InChI=1S/C69H109N11O16/c1-16-44(8)60(52(93-13)39-55(83)80-38-24-28-51(80)62(95-15)45(9)63(86)73-46(10)61(85)48-25-19-17-20-26-48)78(11)67(90)58(42(4)5)77-66(89)59(43(6)7)79(12)69(92)96-40-47-30-32-49(33-31-47)74-64(87)50(27-23-37-72-68(70)91)75-65(88)57(41(2)3)76-54(82)29-21-18-22-36-71-53(81)34-35-56(84)94-14/h17,19-20,25-26,30-35,41-46,50-52,57-62,85H,16,18,21-24,27-29,36-40H2,1-15H3,(H,71,81)(H,73,86)(H,74,87)(H,75,88)(H,76,82)(H,77,89)(H3,70,72,91)/b35-34+/t44-,45+,46+,50-,51-,52+,57-,58-,59-,60-,61+,62+/m0/s1. The van der Waals surface area contributed by atoms with Gasteiger partial charge in [-0.15, -0.1) is 0 Å². The average molecular weight is 1350 g/mol.